The van der Waals surface area contributed by atoms with E-state index in [2.05, 4.69) is 19.9 Å². The number of rotatable bonds is 3. The lowest BCUT2D eigenvalue weighted by Crippen LogP contribution is -1.92. The number of aromatic amines is 1. The quantitative estimate of drug-likeness (QED) is 0.708. The maximum atomic E-state index is 10.5. The lowest BCUT2D eigenvalue weighted by molar-refractivity contribution is -0.131. The average Bonchev–Trinajstić information content (AvgIpc) is 2.93. The Morgan fingerprint density at radius 1 is 1.25 bits per heavy atom. The van der Waals surface area contributed by atoms with Gasteiger partial charge in [-0.2, -0.15) is 0 Å². The molecule has 0 amide bonds. The monoisotopic (exact) mass is 266 g/mol. The van der Waals surface area contributed by atoms with E-state index >= 15 is 0 Å². The van der Waals surface area contributed by atoms with Crippen molar-refractivity contribution in [1.82, 2.24) is 19.9 Å². The fourth-order valence-corrected chi connectivity index (χ4v) is 1.86. The third-order valence-electron chi connectivity index (χ3n) is 2.77. The molecule has 3 rings (SSSR count). The summed E-state index contributed by atoms with van der Waals surface area (Å²) in [6.07, 6.45) is 5.61. The van der Waals surface area contributed by atoms with Crippen molar-refractivity contribution in [3.63, 3.8) is 0 Å². The van der Waals surface area contributed by atoms with E-state index in [0.29, 0.717) is 5.82 Å². The summed E-state index contributed by atoms with van der Waals surface area (Å²) >= 11 is 0. The van der Waals surface area contributed by atoms with E-state index in [4.69, 9.17) is 5.11 Å². The van der Waals surface area contributed by atoms with Gasteiger partial charge in [0.25, 0.3) is 0 Å². The van der Waals surface area contributed by atoms with E-state index in [0.717, 1.165) is 28.4 Å². The molecular formula is C14H10N4O2. The molecule has 3 aromatic rings. The topological polar surface area (TPSA) is 91.8 Å². The molecule has 0 spiro atoms. The van der Waals surface area contributed by atoms with Crippen LogP contribution in [0.2, 0.25) is 0 Å². The lowest BCUT2D eigenvalue weighted by Gasteiger charge is -2.01. The van der Waals surface area contributed by atoms with Crippen molar-refractivity contribution < 1.29 is 9.90 Å². The first kappa shape index (κ1) is 12.0. The van der Waals surface area contributed by atoms with Gasteiger partial charge in [-0.1, -0.05) is 6.07 Å². The van der Waals surface area contributed by atoms with Gasteiger partial charge in [-0.15, -0.1) is 0 Å². The summed E-state index contributed by atoms with van der Waals surface area (Å²) in [5.74, 6) is -0.674. The van der Waals surface area contributed by atoms with Crippen LogP contribution in [0.4, 0.5) is 0 Å². The summed E-state index contributed by atoms with van der Waals surface area (Å²) < 4.78 is 0. The SMILES string of the molecule is O=C(O)/C=C/c1nccc(-c2ccc3nc[nH]c3c2)n1. The number of H-pyrrole nitrogens is 1. The molecule has 0 unspecified atom stereocenters. The number of fused-ring (bicyclic) bond motifs is 1. The highest BCUT2D eigenvalue weighted by atomic mass is 16.4. The van der Waals surface area contributed by atoms with Crippen LogP contribution in [0.15, 0.2) is 42.9 Å². The van der Waals surface area contributed by atoms with Crippen LogP contribution in [0.5, 0.6) is 0 Å². The molecule has 0 atom stereocenters. The van der Waals surface area contributed by atoms with Crippen LogP contribution in [0, 0.1) is 0 Å². The van der Waals surface area contributed by atoms with Gasteiger partial charge in [0.15, 0.2) is 5.82 Å². The van der Waals surface area contributed by atoms with Crippen molar-refractivity contribution in [2.45, 2.75) is 0 Å². The number of aromatic nitrogens is 4. The number of carboxylic acid groups (broad SMARTS) is 1. The van der Waals surface area contributed by atoms with Crippen molar-refractivity contribution in [3.05, 3.63) is 48.7 Å². The van der Waals surface area contributed by atoms with E-state index in [1.807, 2.05) is 18.2 Å². The Bertz CT molecular complexity index is 808. The first-order chi connectivity index (χ1) is 9.72. The minimum atomic E-state index is -1.03. The Morgan fingerprint density at radius 3 is 3.00 bits per heavy atom. The third kappa shape index (κ3) is 2.39. The zero-order chi connectivity index (χ0) is 13.9. The minimum Gasteiger partial charge on any atom is -0.478 e. The Hall–Kier alpha value is -3.02. The summed E-state index contributed by atoms with van der Waals surface area (Å²) in [7, 11) is 0. The smallest absolute Gasteiger partial charge is 0.328 e. The van der Waals surface area contributed by atoms with Crippen molar-refractivity contribution in [3.8, 4) is 11.3 Å². The molecule has 0 aliphatic heterocycles. The van der Waals surface area contributed by atoms with Crippen molar-refractivity contribution in [1.29, 1.82) is 0 Å². The maximum absolute atomic E-state index is 10.5. The van der Waals surface area contributed by atoms with Gasteiger partial charge in [0, 0.05) is 17.8 Å². The van der Waals surface area contributed by atoms with Gasteiger partial charge in [-0.05, 0) is 24.3 Å². The fourth-order valence-electron chi connectivity index (χ4n) is 1.86. The number of hydrogen-bond acceptors (Lipinski definition) is 4. The van der Waals surface area contributed by atoms with E-state index in [-0.39, 0.29) is 0 Å². The Balaban J connectivity index is 2.00. The zero-order valence-electron chi connectivity index (χ0n) is 10.3. The van der Waals surface area contributed by atoms with Gasteiger partial charge >= 0.3 is 5.97 Å². The van der Waals surface area contributed by atoms with Crippen molar-refractivity contribution >= 4 is 23.1 Å². The molecule has 1 aromatic carbocycles. The second-order valence-electron chi connectivity index (χ2n) is 4.11. The zero-order valence-corrected chi connectivity index (χ0v) is 10.3. The lowest BCUT2D eigenvalue weighted by atomic mass is 10.1. The minimum absolute atomic E-state index is 0.356. The normalized spacial score (nSPS) is 11.2. The first-order valence-electron chi connectivity index (χ1n) is 5.90. The summed E-state index contributed by atoms with van der Waals surface area (Å²) in [4.78, 5) is 26.0. The molecule has 0 saturated carbocycles. The third-order valence-corrected chi connectivity index (χ3v) is 2.77. The summed E-state index contributed by atoms with van der Waals surface area (Å²) in [6.45, 7) is 0. The Kier molecular flexibility index (Phi) is 2.96. The van der Waals surface area contributed by atoms with Crippen molar-refractivity contribution in [2.75, 3.05) is 0 Å². The number of imidazole rings is 1. The predicted octanol–water partition coefficient (Wildman–Crippen LogP) is 2.12. The van der Waals surface area contributed by atoms with Crippen LogP contribution in [-0.2, 0) is 4.79 Å². The summed E-state index contributed by atoms with van der Waals surface area (Å²) in [5, 5.41) is 8.60. The van der Waals surface area contributed by atoms with Crippen LogP contribution in [0.25, 0.3) is 28.4 Å². The fraction of sp³-hybridized carbons (Fsp3) is 0. The van der Waals surface area contributed by atoms with Gasteiger partial charge < -0.3 is 10.1 Å². The second-order valence-corrected chi connectivity index (χ2v) is 4.11. The van der Waals surface area contributed by atoms with Crippen LogP contribution >= 0.6 is 0 Å². The average molecular weight is 266 g/mol. The molecule has 98 valence electrons. The molecule has 2 aromatic heterocycles. The molecule has 0 aliphatic carbocycles. The Morgan fingerprint density at radius 2 is 2.15 bits per heavy atom. The van der Waals surface area contributed by atoms with Gasteiger partial charge in [-0.3, -0.25) is 0 Å². The molecule has 6 heteroatoms. The second kappa shape index (κ2) is 4.93. The number of aliphatic carboxylic acids is 1. The first-order valence-corrected chi connectivity index (χ1v) is 5.90. The number of nitrogens with zero attached hydrogens (tertiary/aromatic N) is 3. The van der Waals surface area contributed by atoms with E-state index in [9.17, 15) is 4.79 Å². The highest BCUT2D eigenvalue weighted by molar-refractivity contribution is 5.85. The number of carboxylic acids is 1. The Labute approximate surface area is 113 Å². The molecule has 20 heavy (non-hydrogen) atoms. The molecule has 6 nitrogen and oxygen atoms in total. The number of hydrogen-bond donors (Lipinski definition) is 2. The number of nitrogens with one attached hydrogen (secondary N) is 1. The summed E-state index contributed by atoms with van der Waals surface area (Å²) in [5.41, 5.74) is 3.44. The molecule has 2 heterocycles. The van der Waals surface area contributed by atoms with Crippen LogP contribution in [0.3, 0.4) is 0 Å². The number of benzene rings is 1. The van der Waals surface area contributed by atoms with Crippen LogP contribution < -0.4 is 0 Å². The molecule has 2 N–H and O–H groups in total. The molecular weight excluding hydrogens is 256 g/mol. The van der Waals surface area contributed by atoms with E-state index < -0.39 is 5.97 Å². The van der Waals surface area contributed by atoms with Crippen molar-refractivity contribution in [2.24, 2.45) is 0 Å². The summed E-state index contributed by atoms with van der Waals surface area (Å²) in [6, 6.07) is 7.53. The molecule has 0 aliphatic rings. The standard InChI is InChI=1S/C14H10N4O2/c19-14(20)4-3-13-15-6-5-10(18-13)9-1-2-11-12(7-9)17-8-16-11/h1-8H,(H,16,17)(H,19,20)/b4-3+. The molecule has 0 saturated heterocycles. The van der Waals surface area contributed by atoms with Gasteiger partial charge in [-0.25, -0.2) is 19.7 Å². The van der Waals surface area contributed by atoms with Crippen LogP contribution in [0.1, 0.15) is 5.82 Å². The van der Waals surface area contributed by atoms with Gasteiger partial charge in [0.1, 0.15) is 0 Å². The maximum Gasteiger partial charge on any atom is 0.328 e. The highest BCUT2D eigenvalue weighted by Crippen LogP contribution is 2.20. The predicted molar refractivity (Wildman–Crippen MR) is 73.8 cm³/mol. The van der Waals surface area contributed by atoms with Gasteiger partial charge in [0.05, 0.1) is 23.1 Å². The van der Waals surface area contributed by atoms with Crippen LogP contribution in [-0.4, -0.2) is 31.0 Å². The molecule has 0 fully saturated rings. The largest absolute Gasteiger partial charge is 0.478 e. The highest BCUT2D eigenvalue weighted by Gasteiger charge is 2.03. The van der Waals surface area contributed by atoms with E-state index in [1.165, 1.54) is 6.08 Å². The van der Waals surface area contributed by atoms with Gasteiger partial charge in [0.2, 0.25) is 0 Å². The molecule has 0 bridgehead atoms. The number of carbonyl (C=O) groups is 1. The molecule has 0 radical (unpaired) electrons. The van der Waals surface area contributed by atoms with E-state index in [1.54, 1.807) is 18.6 Å².